The Labute approximate surface area is 136 Å². The molecule has 0 saturated carbocycles. The Kier molecular flexibility index (Phi) is 5.09. The summed E-state index contributed by atoms with van der Waals surface area (Å²) in [4.78, 5) is 23.5. The first-order valence-electron chi connectivity index (χ1n) is 7.46. The van der Waals surface area contributed by atoms with Gasteiger partial charge in [-0.2, -0.15) is 0 Å². The summed E-state index contributed by atoms with van der Waals surface area (Å²) in [5.74, 6) is -0.564. The highest BCUT2D eigenvalue weighted by atomic mass is 32.2. The molecule has 23 heavy (non-hydrogen) atoms. The van der Waals surface area contributed by atoms with Crippen molar-refractivity contribution in [3.63, 3.8) is 0 Å². The highest BCUT2D eigenvalue weighted by Crippen LogP contribution is 2.29. The highest BCUT2D eigenvalue weighted by molar-refractivity contribution is 7.91. The van der Waals surface area contributed by atoms with Crippen LogP contribution in [0.15, 0.2) is 18.2 Å². The number of carbonyl (C=O) groups excluding carboxylic acids is 2. The zero-order valence-electron chi connectivity index (χ0n) is 13.5. The van der Waals surface area contributed by atoms with Crippen LogP contribution >= 0.6 is 0 Å². The first kappa shape index (κ1) is 17.5. The summed E-state index contributed by atoms with van der Waals surface area (Å²) in [6.45, 7) is 5.00. The number of aryl methyl sites for hydroxylation is 1. The number of aromatic nitrogens is 1. The van der Waals surface area contributed by atoms with E-state index in [1.807, 2.05) is 11.5 Å². The number of allylic oxidation sites excluding steroid dienone is 1. The third-order valence-electron chi connectivity index (χ3n) is 4.01. The largest absolute Gasteiger partial charge is 0.454 e. The first-order valence-corrected chi connectivity index (χ1v) is 9.29. The normalized spacial score (nSPS) is 20.0. The van der Waals surface area contributed by atoms with Crippen LogP contribution in [0.2, 0.25) is 0 Å². The third kappa shape index (κ3) is 3.90. The van der Waals surface area contributed by atoms with E-state index in [2.05, 4.69) is 0 Å². The van der Waals surface area contributed by atoms with Crippen molar-refractivity contribution in [3.05, 3.63) is 35.2 Å². The van der Waals surface area contributed by atoms with Crippen molar-refractivity contribution >= 4 is 21.6 Å². The van der Waals surface area contributed by atoms with Crippen molar-refractivity contribution in [2.45, 2.75) is 33.2 Å². The minimum Gasteiger partial charge on any atom is -0.454 e. The van der Waals surface area contributed by atoms with Crippen LogP contribution in [0.25, 0.3) is 0 Å². The van der Waals surface area contributed by atoms with Gasteiger partial charge in [-0.1, -0.05) is 6.08 Å². The van der Waals surface area contributed by atoms with E-state index in [0.29, 0.717) is 12.0 Å². The van der Waals surface area contributed by atoms with Gasteiger partial charge in [0.15, 0.2) is 16.4 Å². The molecule has 0 radical (unpaired) electrons. The lowest BCUT2D eigenvalue weighted by atomic mass is 10.1. The Hall–Kier alpha value is -1.89. The molecule has 2 rings (SSSR count). The Bertz CT molecular complexity index is 758. The lowest BCUT2D eigenvalue weighted by Crippen LogP contribution is -2.16. The summed E-state index contributed by atoms with van der Waals surface area (Å²) in [5, 5.41) is 0. The Morgan fingerprint density at radius 3 is 2.65 bits per heavy atom. The van der Waals surface area contributed by atoms with E-state index in [-0.39, 0.29) is 29.9 Å². The third-order valence-corrected chi connectivity index (χ3v) is 5.76. The molecule has 1 aliphatic rings. The van der Waals surface area contributed by atoms with E-state index < -0.39 is 15.8 Å². The molecule has 1 atom stereocenters. The molecule has 6 nitrogen and oxygen atoms in total. The summed E-state index contributed by atoms with van der Waals surface area (Å²) in [6, 6.07) is 1.60. The monoisotopic (exact) mass is 339 g/mol. The molecule has 7 heteroatoms. The van der Waals surface area contributed by atoms with Crippen LogP contribution in [-0.2, 0) is 19.4 Å². The van der Waals surface area contributed by atoms with Crippen LogP contribution in [0.1, 0.15) is 41.1 Å². The predicted octanol–water partition coefficient (Wildman–Crippen LogP) is 1.77. The predicted molar refractivity (Wildman–Crippen MR) is 86.3 cm³/mol. The highest BCUT2D eigenvalue weighted by Gasteiger charge is 2.31. The average Bonchev–Trinajstić information content (AvgIpc) is 2.96. The average molecular weight is 339 g/mol. The minimum absolute atomic E-state index is 0.104. The second kappa shape index (κ2) is 6.70. The molecule has 0 spiro atoms. The molecule has 0 aliphatic carbocycles. The molecule has 1 aliphatic heterocycles. The van der Waals surface area contributed by atoms with Gasteiger partial charge in [-0.15, -0.1) is 0 Å². The van der Waals surface area contributed by atoms with Gasteiger partial charge >= 0.3 is 5.97 Å². The summed E-state index contributed by atoms with van der Waals surface area (Å²) >= 11 is 0. The van der Waals surface area contributed by atoms with Crippen molar-refractivity contribution in [2.75, 3.05) is 18.1 Å². The smallest absolute Gasteiger partial charge is 0.330 e. The number of nitrogens with zero attached hydrogens (tertiary/aromatic N) is 1. The summed E-state index contributed by atoms with van der Waals surface area (Å²) in [6.07, 6.45) is 3.35. The quantitative estimate of drug-likeness (QED) is 0.464. The molecule has 1 aromatic rings. The van der Waals surface area contributed by atoms with Crippen molar-refractivity contribution in [2.24, 2.45) is 0 Å². The molecule has 2 heterocycles. The van der Waals surface area contributed by atoms with Crippen LogP contribution in [0.5, 0.6) is 0 Å². The number of ether oxygens (including phenoxy) is 1. The van der Waals surface area contributed by atoms with E-state index in [9.17, 15) is 18.0 Å². The zero-order chi connectivity index (χ0) is 17.2. The summed E-state index contributed by atoms with van der Waals surface area (Å²) in [5.41, 5.74) is 2.03. The van der Waals surface area contributed by atoms with Gasteiger partial charge in [-0.05, 0) is 33.3 Å². The van der Waals surface area contributed by atoms with Crippen LogP contribution in [0.4, 0.5) is 0 Å². The SMILES string of the molecule is C/C=C/C(=O)OCC(=O)c1cc(C)n([C@@H]2CCS(=O)(=O)C2)c1C. The second-order valence-electron chi connectivity index (χ2n) is 5.74. The molecule has 0 aromatic carbocycles. The summed E-state index contributed by atoms with van der Waals surface area (Å²) in [7, 11) is -3.00. The molecular weight excluding hydrogens is 318 g/mol. The van der Waals surface area contributed by atoms with Gasteiger partial charge in [-0.25, -0.2) is 13.2 Å². The van der Waals surface area contributed by atoms with Gasteiger partial charge in [0.05, 0.1) is 11.5 Å². The van der Waals surface area contributed by atoms with Gasteiger partial charge in [0, 0.05) is 29.1 Å². The Balaban J connectivity index is 2.17. The van der Waals surface area contributed by atoms with Crippen LogP contribution in [-0.4, -0.2) is 42.9 Å². The first-order chi connectivity index (χ1) is 10.7. The summed E-state index contributed by atoms with van der Waals surface area (Å²) < 4.78 is 30.1. The maximum absolute atomic E-state index is 12.2. The van der Waals surface area contributed by atoms with Gasteiger partial charge in [0.25, 0.3) is 0 Å². The number of sulfone groups is 1. The number of ketones is 1. The van der Waals surface area contributed by atoms with Crippen LogP contribution < -0.4 is 0 Å². The Morgan fingerprint density at radius 1 is 1.39 bits per heavy atom. The molecule has 1 aromatic heterocycles. The van der Waals surface area contributed by atoms with E-state index in [1.165, 1.54) is 6.08 Å². The number of esters is 1. The standard InChI is InChI=1S/C16H21NO5S/c1-4-5-16(19)22-9-15(18)14-8-11(2)17(12(14)3)13-6-7-23(20,21)10-13/h4-5,8,13H,6-7,9-10H2,1-3H3/b5-4+/t13-/m1/s1. The van der Waals surface area contributed by atoms with Crippen molar-refractivity contribution in [3.8, 4) is 0 Å². The fourth-order valence-corrected chi connectivity index (χ4v) is 4.70. The van der Waals surface area contributed by atoms with E-state index >= 15 is 0 Å². The van der Waals surface area contributed by atoms with E-state index in [0.717, 1.165) is 11.4 Å². The van der Waals surface area contributed by atoms with E-state index in [4.69, 9.17) is 4.74 Å². The fraction of sp³-hybridized carbons (Fsp3) is 0.500. The van der Waals surface area contributed by atoms with Crippen molar-refractivity contribution in [1.82, 2.24) is 4.57 Å². The van der Waals surface area contributed by atoms with Crippen molar-refractivity contribution < 1.29 is 22.7 Å². The number of hydrogen-bond acceptors (Lipinski definition) is 5. The molecule has 1 saturated heterocycles. The second-order valence-corrected chi connectivity index (χ2v) is 7.97. The van der Waals surface area contributed by atoms with Gasteiger partial charge < -0.3 is 9.30 Å². The molecule has 0 unspecified atom stereocenters. The molecule has 0 bridgehead atoms. The van der Waals surface area contributed by atoms with Crippen LogP contribution in [0, 0.1) is 13.8 Å². The lowest BCUT2D eigenvalue weighted by Gasteiger charge is -2.16. The molecular formula is C16H21NO5S. The molecule has 0 N–H and O–H groups in total. The topological polar surface area (TPSA) is 82.4 Å². The number of rotatable bonds is 5. The maximum Gasteiger partial charge on any atom is 0.330 e. The number of hydrogen-bond donors (Lipinski definition) is 0. The fourth-order valence-electron chi connectivity index (χ4n) is 3.00. The molecule has 126 valence electrons. The minimum atomic E-state index is -3.00. The van der Waals surface area contributed by atoms with Crippen molar-refractivity contribution in [1.29, 1.82) is 0 Å². The van der Waals surface area contributed by atoms with E-state index in [1.54, 1.807) is 26.0 Å². The Morgan fingerprint density at radius 2 is 2.09 bits per heavy atom. The number of carbonyl (C=O) groups is 2. The zero-order valence-corrected chi connectivity index (χ0v) is 14.4. The van der Waals surface area contributed by atoms with Gasteiger partial charge in [0.2, 0.25) is 5.78 Å². The molecule has 1 fully saturated rings. The maximum atomic E-state index is 12.2. The molecule has 0 amide bonds. The van der Waals surface area contributed by atoms with Crippen LogP contribution in [0.3, 0.4) is 0 Å². The van der Waals surface area contributed by atoms with Gasteiger partial charge in [-0.3, -0.25) is 4.79 Å². The van der Waals surface area contributed by atoms with Gasteiger partial charge in [0.1, 0.15) is 0 Å². The lowest BCUT2D eigenvalue weighted by molar-refractivity contribution is -0.136. The number of Topliss-reactive ketones (excluding diaryl/α,β-unsaturated/α-hetero) is 1.